The first-order valence-electron chi connectivity index (χ1n) is 8.54. The summed E-state index contributed by atoms with van der Waals surface area (Å²) in [6, 6.07) is 9.52. The number of carbonyl (C=O) groups is 2. The van der Waals surface area contributed by atoms with E-state index >= 15 is 0 Å². The summed E-state index contributed by atoms with van der Waals surface area (Å²) in [6.07, 6.45) is 4.97. The van der Waals surface area contributed by atoms with Crippen molar-refractivity contribution in [2.45, 2.75) is 45.1 Å². The van der Waals surface area contributed by atoms with Crippen molar-refractivity contribution >= 4 is 11.9 Å². The SMILES string of the molecule is C[C@@H](NC(=O)NCCC(=O)N1CCCCCC1)c1ccccc1. The first-order valence-corrected chi connectivity index (χ1v) is 8.54. The smallest absolute Gasteiger partial charge is 0.315 e. The van der Waals surface area contributed by atoms with Gasteiger partial charge < -0.3 is 15.5 Å². The molecule has 1 atom stereocenters. The van der Waals surface area contributed by atoms with Gasteiger partial charge in [-0.3, -0.25) is 4.79 Å². The van der Waals surface area contributed by atoms with Crippen LogP contribution in [0.3, 0.4) is 0 Å². The van der Waals surface area contributed by atoms with Crippen molar-refractivity contribution in [1.82, 2.24) is 15.5 Å². The average molecular weight is 317 g/mol. The highest BCUT2D eigenvalue weighted by molar-refractivity contribution is 5.78. The van der Waals surface area contributed by atoms with Crippen LogP contribution in [0.4, 0.5) is 4.79 Å². The molecule has 126 valence electrons. The Morgan fingerprint density at radius 1 is 1.09 bits per heavy atom. The predicted molar refractivity (Wildman–Crippen MR) is 91.1 cm³/mol. The number of amides is 3. The molecule has 5 heteroatoms. The summed E-state index contributed by atoms with van der Waals surface area (Å²) in [4.78, 5) is 26.0. The summed E-state index contributed by atoms with van der Waals surface area (Å²) in [5.41, 5.74) is 1.06. The second-order valence-electron chi connectivity index (χ2n) is 6.08. The number of benzene rings is 1. The Labute approximate surface area is 138 Å². The van der Waals surface area contributed by atoms with Crippen LogP contribution < -0.4 is 10.6 Å². The second kappa shape index (κ2) is 9.18. The maximum absolute atomic E-state index is 12.1. The third kappa shape index (κ3) is 5.93. The molecule has 23 heavy (non-hydrogen) atoms. The maximum atomic E-state index is 12.1. The Balaban J connectivity index is 1.67. The van der Waals surface area contributed by atoms with Gasteiger partial charge in [-0.15, -0.1) is 0 Å². The van der Waals surface area contributed by atoms with Crippen LogP contribution in [0.2, 0.25) is 0 Å². The zero-order valence-electron chi connectivity index (χ0n) is 13.9. The lowest BCUT2D eigenvalue weighted by molar-refractivity contribution is -0.131. The number of rotatable bonds is 5. The van der Waals surface area contributed by atoms with Gasteiger partial charge in [0.25, 0.3) is 0 Å². The molecule has 0 aliphatic carbocycles. The van der Waals surface area contributed by atoms with E-state index in [4.69, 9.17) is 0 Å². The number of urea groups is 1. The Bertz CT molecular complexity index is 496. The van der Waals surface area contributed by atoms with E-state index in [1.165, 1.54) is 12.8 Å². The molecule has 2 rings (SSSR count). The van der Waals surface area contributed by atoms with Crippen LogP contribution in [0.1, 0.15) is 50.6 Å². The Kier molecular flexibility index (Phi) is 6.91. The monoisotopic (exact) mass is 317 g/mol. The minimum atomic E-state index is -0.231. The standard InChI is InChI=1S/C18H27N3O2/c1-15(16-9-5-4-6-10-16)20-18(23)19-12-11-17(22)21-13-7-2-3-8-14-21/h4-6,9-10,15H,2-3,7-8,11-14H2,1H3,(H2,19,20,23)/t15-/m1/s1. The van der Waals surface area contributed by atoms with Crippen LogP contribution in [-0.2, 0) is 4.79 Å². The molecular weight excluding hydrogens is 290 g/mol. The van der Waals surface area contributed by atoms with Crippen molar-refractivity contribution in [3.05, 3.63) is 35.9 Å². The van der Waals surface area contributed by atoms with E-state index in [1.54, 1.807) is 0 Å². The fourth-order valence-electron chi connectivity index (χ4n) is 2.83. The zero-order chi connectivity index (χ0) is 16.5. The number of hydrogen-bond acceptors (Lipinski definition) is 2. The van der Waals surface area contributed by atoms with Gasteiger partial charge in [-0.2, -0.15) is 0 Å². The van der Waals surface area contributed by atoms with Gasteiger partial charge in [-0.1, -0.05) is 43.2 Å². The molecule has 5 nitrogen and oxygen atoms in total. The third-order valence-electron chi connectivity index (χ3n) is 4.23. The van der Waals surface area contributed by atoms with Crippen LogP contribution in [-0.4, -0.2) is 36.5 Å². The molecule has 0 spiro atoms. The van der Waals surface area contributed by atoms with Gasteiger partial charge in [0, 0.05) is 26.1 Å². The third-order valence-corrected chi connectivity index (χ3v) is 4.23. The molecule has 0 aromatic heterocycles. The number of hydrogen-bond donors (Lipinski definition) is 2. The lowest BCUT2D eigenvalue weighted by atomic mass is 10.1. The van der Waals surface area contributed by atoms with E-state index < -0.39 is 0 Å². The van der Waals surface area contributed by atoms with Crippen LogP contribution in [0.25, 0.3) is 0 Å². The summed E-state index contributed by atoms with van der Waals surface area (Å²) in [5.74, 6) is 0.142. The molecule has 1 aromatic rings. The Morgan fingerprint density at radius 3 is 2.39 bits per heavy atom. The molecule has 1 heterocycles. The van der Waals surface area contributed by atoms with Crippen LogP contribution in [0.5, 0.6) is 0 Å². The summed E-state index contributed by atoms with van der Waals surface area (Å²) < 4.78 is 0. The topological polar surface area (TPSA) is 61.4 Å². The zero-order valence-corrected chi connectivity index (χ0v) is 13.9. The van der Waals surface area contributed by atoms with E-state index in [9.17, 15) is 9.59 Å². The lowest BCUT2D eigenvalue weighted by Gasteiger charge is -2.20. The van der Waals surface area contributed by atoms with Crippen LogP contribution in [0, 0.1) is 0 Å². The summed E-state index contributed by atoms with van der Waals surface area (Å²) in [6.45, 7) is 4.03. The highest BCUT2D eigenvalue weighted by atomic mass is 16.2. The largest absolute Gasteiger partial charge is 0.343 e. The van der Waals surface area contributed by atoms with Gasteiger partial charge in [0.1, 0.15) is 0 Å². The van der Waals surface area contributed by atoms with Gasteiger partial charge in [0.05, 0.1) is 6.04 Å². The van der Waals surface area contributed by atoms with Crippen LogP contribution >= 0.6 is 0 Å². The molecule has 0 unspecified atom stereocenters. The summed E-state index contributed by atoms with van der Waals surface area (Å²) in [7, 11) is 0. The predicted octanol–water partition coefficient (Wildman–Crippen LogP) is 2.84. The molecule has 2 N–H and O–H groups in total. The molecule has 1 aromatic carbocycles. The first kappa shape index (κ1) is 17.3. The fraction of sp³-hybridized carbons (Fsp3) is 0.556. The number of carbonyl (C=O) groups excluding carboxylic acids is 2. The van der Waals surface area contributed by atoms with Crippen LogP contribution in [0.15, 0.2) is 30.3 Å². The molecule has 0 radical (unpaired) electrons. The molecule has 3 amide bonds. The quantitative estimate of drug-likeness (QED) is 0.877. The van der Waals surface area contributed by atoms with Gasteiger partial charge >= 0.3 is 6.03 Å². The molecule has 1 aliphatic heterocycles. The molecule has 1 aliphatic rings. The van der Waals surface area contributed by atoms with Gasteiger partial charge in [-0.05, 0) is 25.3 Å². The van der Waals surface area contributed by atoms with Crippen molar-refractivity contribution in [2.75, 3.05) is 19.6 Å². The molecule has 0 saturated carbocycles. The molecular formula is C18H27N3O2. The van der Waals surface area contributed by atoms with E-state index in [0.29, 0.717) is 13.0 Å². The highest BCUT2D eigenvalue weighted by Gasteiger charge is 2.15. The summed E-state index contributed by atoms with van der Waals surface area (Å²) in [5, 5.41) is 5.66. The van der Waals surface area contributed by atoms with Gasteiger partial charge in [-0.25, -0.2) is 4.79 Å². The minimum absolute atomic E-state index is 0.0579. The normalized spacial score (nSPS) is 16.3. The van der Waals surface area contributed by atoms with E-state index in [0.717, 1.165) is 31.5 Å². The minimum Gasteiger partial charge on any atom is -0.343 e. The second-order valence-corrected chi connectivity index (χ2v) is 6.08. The van der Waals surface area contributed by atoms with E-state index in [-0.39, 0.29) is 18.0 Å². The fourth-order valence-corrected chi connectivity index (χ4v) is 2.83. The van der Waals surface area contributed by atoms with Crippen molar-refractivity contribution in [2.24, 2.45) is 0 Å². The van der Waals surface area contributed by atoms with Crippen molar-refractivity contribution in [3.63, 3.8) is 0 Å². The number of nitrogens with zero attached hydrogens (tertiary/aromatic N) is 1. The summed E-state index contributed by atoms with van der Waals surface area (Å²) >= 11 is 0. The molecule has 0 bridgehead atoms. The van der Waals surface area contributed by atoms with Crippen molar-refractivity contribution in [3.8, 4) is 0 Å². The van der Waals surface area contributed by atoms with Crippen molar-refractivity contribution in [1.29, 1.82) is 0 Å². The Hall–Kier alpha value is -2.04. The van der Waals surface area contributed by atoms with Gasteiger partial charge in [0.2, 0.25) is 5.91 Å². The Morgan fingerprint density at radius 2 is 1.74 bits per heavy atom. The van der Waals surface area contributed by atoms with Gasteiger partial charge in [0.15, 0.2) is 0 Å². The lowest BCUT2D eigenvalue weighted by Crippen LogP contribution is -2.40. The van der Waals surface area contributed by atoms with Crippen molar-refractivity contribution < 1.29 is 9.59 Å². The highest BCUT2D eigenvalue weighted by Crippen LogP contribution is 2.11. The first-order chi connectivity index (χ1) is 11.2. The van der Waals surface area contributed by atoms with E-state index in [1.807, 2.05) is 42.2 Å². The molecule has 1 fully saturated rings. The molecule has 1 saturated heterocycles. The average Bonchev–Trinajstić information content (AvgIpc) is 2.85. The maximum Gasteiger partial charge on any atom is 0.315 e. The number of nitrogens with one attached hydrogen (secondary N) is 2. The van der Waals surface area contributed by atoms with E-state index in [2.05, 4.69) is 10.6 Å². The number of likely N-dealkylation sites (tertiary alicyclic amines) is 1.